The molecule has 0 aromatic heterocycles. The van der Waals surface area contributed by atoms with Crippen LogP contribution >= 0.6 is 0 Å². The van der Waals surface area contributed by atoms with Crippen LogP contribution in [0.3, 0.4) is 0 Å². The van der Waals surface area contributed by atoms with E-state index >= 15 is 0 Å². The van der Waals surface area contributed by atoms with Crippen LogP contribution in [0.25, 0.3) is 0 Å². The number of likely N-dealkylation sites (tertiary alicyclic amines) is 1. The van der Waals surface area contributed by atoms with Gasteiger partial charge in [-0.2, -0.15) is 0 Å². The summed E-state index contributed by atoms with van der Waals surface area (Å²) in [6.07, 6.45) is 1.67. The Morgan fingerprint density at radius 2 is 1.76 bits per heavy atom. The summed E-state index contributed by atoms with van der Waals surface area (Å²) in [6.45, 7) is 7.50. The lowest BCUT2D eigenvalue weighted by Gasteiger charge is -2.34. The molecule has 1 aliphatic rings. The lowest BCUT2D eigenvalue weighted by atomic mass is 9.97. The van der Waals surface area contributed by atoms with Crippen LogP contribution in [0.15, 0.2) is 48.5 Å². The topological polar surface area (TPSA) is 58.6 Å². The standard InChI is InChI=1S/C24H30N2O3/c1-4-29-21-11-9-19(10-12-21)14-16-26-22(27)13-15-24(26,3)23(28)25-17-20-7-5-18(2)6-8-20/h5-12H,4,13-17H2,1-3H3,(H,25,28)/t24-/m0/s1. The van der Waals surface area contributed by atoms with Crippen molar-refractivity contribution in [2.45, 2.75) is 52.1 Å². The second-order valence-corrected chi connectivity index (χ2v) is 7.81. The largest absolute Gasteiger partial charge is 0.494 e. The number of nitrogens with one attached hydrogen (secondary N) is 1. The lowest BCUT2D eigenvalue weighted by molar-refractivity contribution is -0.140. The van der Waals surface area contributed by atoms with Crippen LogP contribution in [0.5, 0.6) is 5.75 Å². The Morgan fingerprint density at radius 3 is 2.41 bits per heavy atom. The second kappa shape index (κ2) is 9.12. The summed E-state index contributed by atoms with van der Waals surface area (Å²) >= 11 is 0. The van der Waals surface area contributed by atoms with Crippen LogP contribution in [-0.2, 0) is 22.6 Å². The van der Waals surface area contributed by atoms with Crippen molar-refractivity contribution >= 4 is 11.8 Å². The molecule has 1 heterocycles. The molecule has 1 fully saturated rings. The average Bonchev–Trinajstić information content (AvgIpc) is 3.02. The molecule has 0 saturated carbocycles. The van der Waals surface area contributed by atoms with E-state index < -0.39 is 5.54 Å². The van der Waals surface area contributed by atoms with E-state index in [-0.39, 0.29) is 11.8 Å². The summed E-state index contributed by atoms with van der Waals surface area (Å²) in [4.78, 5) is 27.2. The molecule has 154 valence electrons. The van der Waals surface area contributed by atoms with E-state index in [4.69, 9.17) is 4.74 Å². The maximum Gasteiger partial charge on any atom is 0.245 e. The van der Waals surface area contributed by atoms with Crippen LogP contribution < -0.4 is 10.1 Å². The van der Waals surface area contributed by atoms with Crippen molar-refractivity contribution in [1.29, 1.82) is 0 Å². The third-order valence-corrected chi connectivity index (χ3v) is 5.64. The van der Waals surface area contributed by atoms with Gasteiger partial charge in [0.2, 0.25) is 11.8 Å². The van der Waals surface area contributed by atoms with Gasteiger partial charge in [-0.1, -0.05) is 42.0 Å². The van der Waals surface area contributed by atoms with Crippen LogP contribution in [0, 0.1) is 6.92 Å². The molecule has 5 nitrogen and oxygen atoms in total. The maximum atomic E-state index is 13.0. The summed E-state index contributed by atoms with van der Waals surface area (Å²) in [5.74, 6) is 0.799. The Balaban J connectivity index is 1.61. The van der Waals surface area contributed by atoms with Gasteiger partial charge in [0, 0.05) is 19.5 Å². The van der Waals surface area contributed by atoms with Crippen LogP contribution in [0.4, 0.5) is 0 Å². The van der Waals surface area contributed by atoms with E-state index in [2.05, 4.69) is 5.32 Å². The number of aryl methyl sites for hydroxylation is 1. The van der Waals surface area contributed by atoms with Crippen molar-refractivity contribution in [3.63, 3.8) is 0 Å². The number of nitrogens with zero attached hydrogens (tertiary/aromatic N) is 1. The highest BCUT2D eigenvalue weighted by atomic mass is 16.5. The zero-order valence-electron chi connectivity index (χ0n) is 17.5. The first-order valence-corrected chi connectivity index (χ1v) is 10.3. The summed E-state index contributed by atoms with van der Waals surface area (Å²) in [5, 5.41) is 3.02. The summed E-state index contributed by atoms with van der Waals surface area (Å²) in [7, 11) is 0. The molecule has 1 N–H and O–H groups in total. The minimum Gasteiger partial charge on any atom is -0.494 e. The van der Waals surface area contributed by atoms with Crippen molar-refractivity contribution in [3.05, 3.63) is 65.2 Å². The first-order valence-electron chi connectivity index (χ1n) is 10.3. The monoisotopic (exact) mass is 394 g/mol. The van der Waals surface area contributed by atoms with Crippen molar-refractivity contribution < 1.29 is 14.3 Å². The molecule has 5 heteroatoms. The van der Waals surface area contributed by atoms with Gasteiger partial charge >= 0.3 is 0 Å². The highest BCUT2D eigenvalue weighted by Crippen LogP contribution is 2.30. The minimum absolute atomic E-state index is 0.0453. The van der Waals surface area contributed by atoms with Crippen molar-refractivity contribution in [1.82, 2.24) is 10.2 Å². The van der Waals surface area contributed by atoms with E-state index in [0.29, 0.717) is 39.0 Å². The fourth-order valence-corrected chi connectivity index (χ4v) is 3.74. The third-order valence-electron chi connectivity index (χ3n) is 5.64. The smallest absolute Gasteiger partial charge is 0.245 e. The van der Waals surface area contributed by atoms with Gasteiger partial charge in [0.1, 0.15) is 11.3 Å². The van der Waals surface area contributed by atoms with Gasteiger partial charge in [-0.25, -0.2) is 0 Å². The maximum absolute atomic E-state index is 13.0. The third kappa shape index (κ3) is 4.97. The highest BCUT2D eigenvalue weighted by Gasteiger charge is 2.46. The molecule has 0 bridgehead atoms. The van der Waals surface area contributed by atoms with Gasteiger partial charge in [-0.3, -0.25) is 9.59 Å². The molecule has 0 spiro atoms. The molecule has 2 aromatic rings. The Bertz CT molecular complexity index is 845. The number of amides is 2. The van der Waals surface area contributed by atoms with E-state index in [1.807, 2.05) is 69.3 Å². The number of rotatable bonds is 8. The molecule has 1 saturated heterocycles. The molecule has 0 aliphatic carbocycles. The highest BCUT2D eigenvalue weighted by molar-refractivity contribution is 5.94. The summed E-state index contributed by atoms with van der Waals surface area (Å²) in [5.41, 5.74) is 2.56. The molecule has 2 aromatic carbocycles. The molecule has 1 aliphatic heterocycles. The Morgan fingerprint density at radius 1 is 1.10 bits per heavy atom. The van der Waals surface area contributed by atoms with Gasteiger partial charge < -0.3 is 15.0 Å². The SMILES string of the molecule is CCOc1ccc(CCN2C(=O)CC[C@@]2(C)C(=O)NCc2ccc(C)cc2)cc1. The molecule has 1 atom stereocenters. The molecule has 29 heavy (non-hydrogen) atoms. The van der Waals surface area contributed by atoms with Gasteiger partial charge in [0.15, 0.2) is 0 Å². The first-order chi connectivity index (χ1) is 13.9. The molecule has 3 rings (SSSR count). The number of carbonyl (C=O) groups is 2. The average molecular weight is 395 g/mol. The molecule has 0 unspecified atom stereocenters. The van der Waals surface area contributed by atoms with Crippen molar-refractivity contribution in [2.75, 3.05) is 13.2 Å². The Labute approximate surface area is 173 Å². The van der Waals surface area contributed by atoms with Crippen molar-refractivity contribution in [3.8, 4) is 5.75 Å². The van der Waals surface area contributed by atoms with Gasteiger partial charge in [-0.05, 0) is 56.9 Å². The second-order valence-electron chi connectivity index (χ2n) is 7.81. The predicted molar refractivity (Wildman–Crippen MR) is 114 cm³/mol. The fraction of sp³-hybridized carbons (Fsp3) is 0.417. The Kier molecular flexibility index (Phi) is 6.57. The number of hydrogen-bond acceptors (Lipinski definition) is 3. The number of hydrogen-bond donors (Lipinski definition) is 1. The van der Waals surface area contributed by atoms with Crippen molar-refractivity contribution in [2.24, 2.45) is 0 Å². The normalized spacial score (nSPS) is 18.7. The molecule has 0 radical (unpaired) electrons. The van der Waals surface area contributed by atoms with Gasteiger partial charge in [0.05, 0.1) is 6.61 Å². The van der Waals surface area contributed by atoms with Crippen LogP contribution in [-0.4, -0.2) is 35.4 Å². The molecular formula is C24H30N2O3. The predicted octanol–water partition coefficient (Wildman–Crippen LogP) is 3.63. The van der Waals surface area contributed by atoms with E-state index in [9.17, 15) is 9.59 Å². The summed E-state index contributed by atoms with van der Waals surface area (Å²) < 4.78 is 5.47. The van der Waals surface area contributed by atoms with Gasteiger partial charge in [-0.15, -0.1) is 0 Å². The van der Waals surface area contributed by atoms with E-state index in [1.165, 1.54) is 5.56 Å². The van der Waals surface area contributed by atoms with Crippen LogP contribution in [0.2, 0.25) is 0 Å². The Hall–Kier alpha value is -2.82. The quantitative estimate of drug-likeness (QED) is 0.744. The van der Waals surface area contributed by atoms with E-state index in [1.54, 1.807) is 4.90 Å². The fourth-order valence-electron chi connectivity index (χ4n) is 3.74. The lowest BCUT2D eigenvalue weighted by Crippen LogP contribution is -2.54. The van der Waals surface area contributed by atoms with E-state index in [0.717, 1.165) is 16.9 Å². The number of benzene rings is 2. The summed E-state index contributed by atoms with van der Waals surface area (Å²) in [6, 6.07) is 16.0. The molecular weight excluding hydrogens is 364 g/mol. The number of carbonyl (C=O) groups excluding carboxylic acids is 2. The minimum atomic E-state index is -0.799. The molecule has 2 amide bonds. The zero-order valence-corrected chi connectivity index (χ0v) is 17.5. The van der Waals surface area contributed by atoms with Crippen LogP contribution in [0.1, 0.15) is 43.4 Å². The van der Waals surface area contributed by atoms with Gasteiger partial charge in [0.25, 0.3) is 0 Å². The zero-order chi connectivity index (χ0) is 20.9. The first kappa shape index (κ1) is 20.9. The number of ether oxygens (including phenoxy) is 1.